The number of piperidine rings is 1. The molecule has 2 saturated heterocycles. The molecule has 92 valence electrons. The maximum atomic E-state index is 11.9. The number of carbonyl (C=O) groups is 1. The number of hydrogen-bond donors (Lipinski definition) is 1. The lowest BCUT2D eigenvalue weighted by Gasteiger charge is -2.45. The molecule has 1 spiro atoms. The summed E-state index contributed by atoms with van der Waals surface area (Å²) in [6.45, 7) is 4.18. The van der Waals surface area contributed by atoms with E-state index in [2.05, 4.69) is 0 Å². The van der Waals surface area contributed by atoms with E-state index in [0.29, 0.717) is 0 Å². The van der Waals surface area contributed by atoms with Crippen molar-refractivity contribution in [3.05, 3.63) is 0 Å². The molecule has 4 heteroatoms. The second-order valence-electron chi connectivity index (χ2n) is 5.14. The molecule has 2 rings (SSSR count). The van der Waals surface area contributed by atoms with Crippen molar-refractivity contribution < 1.29 is 9.53 Å². The lowest BCUT2D eigenvalue weighted by molar-refractivity contribution is -0.149. The smallest absolute Gasteiger partial charge is 0.239 e. The van der Waals surface area contributed by atoms with Crippen LogP contribution < -0.4 is 5.73 Å². The monoisotopic (exact) mass is 226 g/mol. The van der Waals surface area contributed by atoms with Crippen molar-refractivity contribution in [1.82, 2.24) is 4.90 Å². The third kappa shape index (κ3) is 2.38. The molecule has 0 unspecified atom stereocenters. The standard InChI is InChI=1S/C12H22N2O2/c1-10(13)11(15)14-7-4-6-12(9-14)5-2-3-8-16-12/h10H,2-9,13H2,1H3/t10-,12+/m1/s1. The zero-order valence-electron chi connectivity index (χ0n) is 10.1. The number of nitrogens with two attached hydrogens (primary N) is 1. The second kappa shape index (κ2) is 4.72. The highest BCUT2D eigenvalue weighted by atomic mass is 16.5. The zero-order chi connectivity index (χ0) is 11.6. The molecular formula is C12H22N2O2. The Bertz CT molecular complexity index is 254. The Morgan fingerprint density at radius 1 is 1.38 bits per heavy atom. The minimum absolute atomic E-state index is 0.0545. The molecule has 2 aliphatic rings. The predicted octanol–water partition coefficient (Wildman–Crippen LogP) is 0.895. The van der Waals surface area contributed by atoms with Crippen LogP contribution in [-0.2, 0) is 9.53 Å². The topological polar surface area (TPSA) is 55.6 Å². The van der Waals surface area contributed by atoms with Gasteiger partial charge in [0.15, 0.2) is 0 Å². The van der Waals surface area contributed by atoms with Gasteiger partial charge in [-0.1, -0.05) is 0 Å². The molecule has 2 aliphatic heterocycles. The highest BCUT2D eigenvalue weighted by Gasteiger charge is 2.39. The molecular weight excluding hydrogens is 204 g/mol. The van der Waals surface area contributed by atoms with Crippen LogP contribution in [0.15, 0.2) is 0 Å². The van der Waals surface area contributed by atoms with Crippen LogP contribution >= 0.6 is 0 Å². The number of hydrogen-bond acceptors (Lipinski definition) is 3. The molecule has 2 heterocycles. The number of carbonyl (C=O) groups excluding carboxylic acids is 1. The number of rotatable bonds is 1. The number of ether oxygens (including phenoxy) is 1. The summed E-state index contributed by atoms with van der Waals surface area (Å²) in [6, 6.07) is -0.390. The van der Waals surface area contributed by atoms with E-state index in [-0.39, 0.29) is 11.5 Å². The van der Waals surface area contributed by atoms with Crippen molar-refractivity contribution in [3.63, 3.8) is 0 Å². The summed E-state index contributed by atoms with van der Waals surface area (Å²) in [4.78, 5) is 13.8. The second-order valence-corrected chi connectivity index (χ2v) is 5.14. The average molecular weight is 226 g/mol. The van der Waals surface area contributed by atoms with E-state index >= 15 is 0 Å². The molecule has 0 aliphatic carbocycles. The highest BCUT2D eigenvalue weighted by Crippen LogP contribution is 2.33. The lowest BCUT2D eigenvalue weighted by atomic mass is 9.85. The summed E-state index contributed by atoms with van der Waals surface area (Å²) in [5.41, 5.74) is 5.60. The van der Waals surface area contributed by atoms with Gasteiger partial charge in [0.2, 0.25) is 5.91 Å². The van der Waals surface area contributed by atoms with E-state index in [9.17, 15) is 4.79 Å². The molecule has 0 aromatic carbocycles. The molecule has 0 aromatic heterocycles. The number of likely N-dealkylation sites (tertiary alicyclic amines) is 1. The van der Waals surface area contributed by atoms with Gasteiger partial charge in [-0.2, -0.15) is 0 Å². The molecule has 2 atom stereocenters. The number of nitrogens with zero attached hydrogens (tertiary/aromatic N) is 1. The molecule has 0 saturated carbocycles. The maximum absolute atomic E-state index is 11.9. The van der Waals surface area contributed by atoms with Crippen molar-refractivity contribution in [2.45, 2.75) is 50.7 Å². The first-order chi connectivity index (χ1) is 7.63. The van der Waals surface area contributed by atoms with Gasteiger partial charge >= 0.3 is 0 Å². The van der Waals surface area contributed by atoms with Crippen molar-refractivity contribution in [2.75, 3.05) is 19.7 Å². The Morgan fingerprint density at radius 2 is 2.12 bits per heavy atom. The summed E-state index contributed by atoms with van der Waals surface area (Å²) in [5, 5.41) is 0. The first kappa shape index (κ1) is 11.9. The van der Waals surface area contributed by atoms with Gasteiger partial charge in [0, 0.05) is 19.7 Å². The molecule has 1 amide bonds. The van der Waals surface area contributed by atoms with E-state index in [1.807, 2.05) is 4.90 Å². The van der Waals surface area contributed by atoms with Gasteiger partial charge in [0.05, 0.1) is 11.6 Å². The van der Waals surface area contributed by atoms with Gasteiger partial charge in [0.25, 0.3) is 0 Å². The van der Waals surface area contributed by atoms with Crippen LogP contribution in [0.4, 0.5) is 0 Å². The molecule has 0 bridgehead atoms. The Labute approximate surface area is 97.1 Å². The molecule has 2 fully saturated rings. The summed E-state index contributed by atoms with van der Waals surface area (Å²) in [7, 11) is 0. The van der Waals surface area contributed by atoms with Crippen molar-refractivity contribution in [3.8, 4) is 0 Å². The molecule has 2 N–H and O–H groups in total. The Balaban J connectivity index is 2.00. The third-order valence-corrected chi connectivity index (χ3v) is 3.68. The van der Waals surface area contributed by atoms with Crippen molar-refractivity contribution >= 4 is 5.91 Å². The van der Waals surface area contributed by atoms with E-state index in [1.54, 1.807) is 6.92 Å². The fraction of sp³-hybridized carbons (Fsp3) is 0.917. The molecule has 16 heavy (non-hydrogen) atoms. The summed E-state index contributed by atoms with van der Waals surface area (Å²) < 4.78 is 5.93. The Morgan fingerprint density at radius 3 is 2.75 bits per heavy atom. The molecule has 4 nitrogen and oxygen atoms in total. The van der Waals surface area contributed by atoms with Gasteiger partial charge < -0.3 is 15.4 Å². The minimum atomic E-state index is -0.390. The lowest BCUT2D eigenvalue weighted by Crippen LogP contribution is -2.55. The van der Waals surface area contributed by atoms with Crippen LogP contribution in [0.5, 0.6) is 0 Å². The summed E-state index contributed by atoms with van der Waals surface area (Å²) in [6.07, 6.45) is 5.60. The maximum Gasteiger partial charge on any atom is 0.239 e. The van der Waals surface area contributed by atoms with E-state index in [4.69, 9.17) is 10.5 Å². The van der Waals surface area contributed by atoms with Gasteiger partial charge in [0.1, 0.15) is 0 Å². The van der Waals surface area contributed by atoms with Crippen molar-refractivity contribution in [1.29, 1.82) is 0 Å². The first-order valence-electron chi connectivity index (χ1n) is 6.31. The van der Waals surface area contributed by atoms with Gasteiger partial charge in [-0.25, -0.2) is 0 Å². The largest absolute Gasteiger partial charge is 0.373 e. The molecule has 0 aromatic rings. The van der Waals surface area contributed by atoms with Crippen LogP contribution in [0.1, 0.15) is 39.0 Å². The predicted molar refractivity (Wildman–Crippen MR) is 62.0 cm³/mol. The van der Waals surface area contributed by atoms with Crippen LogP contribution in [0.2, 0.25) is 0 Å². The quantitative estimate of drug-likeness (QED) is 0.722. The van der Waals surface area contributed by atoms with Gasteiger partial charge in [-0.05, 0) is 39.0 Å². The van der Waals surface area contributed by atoms with E-state index < -0.39 is 6.04 Å². The SMILES string of the molecule is C[C@@H](N)C(=O)N1CCC[C@@]2(CCCCO2)C1. The first-order valence-corrected chi connectivity index (χ1v) is 6.31. The number of amides is 1. The van der Waals surface area contributed by atoms with Crippen LogP contribution in [0, 0.1) is 0 Å². The van der Waals surface area contributed by atoms with E-state index in [1.165, 1.54) is 6.42 Å². The van der Waals surface area contributed by atoms with Gasteiger partial charge in [-0.3, -0.25) is 4.79 Å². The average Bonchev–Trinajstić information content (AvgIpc) is 2.29. The van der Waals surface area contributed by atoms with Crippen molar-refractivity contribution in [2.24, 2.45) is 5.73 Å². The Hall–Kier alpha value is -0.610. The van der Waals surface area contributed by atoms with Crippen LogP contribution in [0.25, 0.3) is 0 Å². The Kier molecular flexibility index (Phi) is 3.50. The summed E-state index contributed by atoms with van der Waals surface area (Å²) >= 11 is 0. The minimum Gasteiger partial charge on any atom is -0.373 e. The summed E-state index contributed by atoms with van der Waals surface area (Å²) in [5.74, 6) is 0.0632. The fourth-order valence-corrected chi connectivity index (χ4v) is 2.81. The van der Waals surface area contributed by atoms with Crippen LogP contribution in [-0.4, -0.2) is 42.1 Å². The normalized spacial score (nSPS) is 32.8. The zero-order valence-corrected chi connectivity index (χ0v) is 10.1. The van der Waals surface area contributed by atoms with Gasteiger partial charge in [-0.15, -0.1) is 0 Å². The fourth-order valence-electron chi connectivity index (χ4n) is 2.81. The third-order valence-electron chi connectivity index (χ3n) is 3.68. The highest BCUT2D eigenvalue weighted by molar-refractivity contribution is 5.81. The van der Waals surface area contributed by atoms with E-state index in [0.717, 1.165) is 45.4 Å². The van der Waals surface area contributed by atoms with Crippen LogP contribution in [0.3, 0.4) is 0 Å². The molecule has 0 radical (unpaired) electrons.